The summed E-state index contributed by atoms with van der Waals surface area (Å²) < 4.78 is 5.60. The number of rotatable bonds is 26. The summed E-state index contributed by atoms with van der Waals surface area (Å²) in [5.41, 5.74) is 6.23. The van der Waals surface area contributed by atoms with Gasteiger partial charge in [-0.1, -0.05) is 158 Å². The van der Waals surface area contributed by atoms with E-state index < -0.39 is 16.1 Å². The predicted octanol–water partition coefficient (Wildman–Crippen LogP) is 9.62. The first-order valence-electron chi connectivity index (χ1n) is 15.7. The highest BCUT2D eigenvalue weighted by Gasteiger charge is 2.28. The Morgan fingerprint density at radius 3 is 1.77 bits per heavy atom. The van der Waals surface area contributed by atoms with Gasteiger partial charge in [-0.05, 0) is 19.4 Å². The number of allylic oxidation sites excluding steroid dienone is 2. The summed E-state index contributed by atoms with van der Waals surface area (Å²) in [6.45, 7) is 19.7. The van der Waals surface area contributed by atoms with Crippen molar-refractivity contribution in [1.82, 2.24) is 0 Å². The minimum atomic E-state index is -0.985. The van der Waals surface area contributed by atoms with Crippen LogP contribution in [0.3, 0.4) is 0 Å². The van der Waals surface area contributed by atoms with Crippen LogP contribution in [0.25, 0.3) is 0 Å². The molecule has 0 radical (unpaired) electrons. The fourth-order valence-electron chi connectivity index (χ4n) is 5.36. The molecule has 0 aliphatic rings. The van der Waals surface area contributed by atoms with Gasteiger partial charge in [-0.15, -0.1) is 0 Å². The largest absolute Gasteiger partial charge is 0.501 e. The van der Waals surface area contributed by atoms with Crippen molar-refractivity contribution in [3.63, 3.8) is 0 Å². The van der Waals surface area contributed by atoms with Crippen molar-refractivity contribution in [1.29, 1.82) is 0 Å². The van der Waals surface area contributed by atoms with Crippen molar-refractivity contribution in [3.8, 4) is 0 Å². The minimum absolute atomic E-state index is 0.121. The summed E-state index contributed by atoms with van der Waals surface area (Å²) in [6, 6.07) is 4.77. The molecule has 1 nitrogen and oxygen atoms in total. The molecule has 0 spiro atoms. The summed E-state index contributed by atoms with van der Waals surface area (Å²) in [7, 11) is -1.63. The zero-order chi connectivity index (χ0) is 26.3. The van der Waals surface area contributed by atoms with Gasteiger partial charge in [0.15, 0.2) is 0 Å². The van der Waals surface area contributed by atoms with Crippen LogP contribution in [-0.2, 0) is 4.74 Å². The molecule has 0 fully saturated rings. The van der Waals surface area contributed by atoms with E-state index in [0.717, 1.165) is 12.2 Å². The highest BCUT2D eigenvalue weighted by Crippen LogP contribution is 2.28. The summed E-state index contributed by atoms with van der Waals surface area (Å²) in [5, 5.41) is 0. The summed E-state index contributed by atoms with van der Waals surface area (Å²) in [6.07, 6.45) is 22.8. The molecular formula is C30H66OSi4. The van der Waals surface area contributed by atoms with Crippen molar-refractivity contribution in [2.75, 3.05) is 6.61 Å². The molecule has 0 rings (SSSR count). The molecule has 0 saturated carbocycles. The number of hydrogen-bond acceptors (Lipinski definition) is 1. The van der Waals surface area contributed by atoms with Gasteiger partial charge in [0.25, 0.3) is 0 Å². The van der Waals surface area contributed by atoms with Crippen LogP contribution in [0.5, 0.6) is 0 Å². The zero-order valence-corrected chi connectivity index (χ0v) is 30.2. The van der Waals surface area contributed by atoms with Crippen molar-refractivity contribution in [2.45, 2.75) is 159 Å². The molecule has 0 unspecified atom stereocenters. The molecule has 0 aromatic rings. The topological polar surface area (TPSA) is 9.23 Å². The van der Waals surface area contributed by atoms with Gasteiger partial charge in [-0.2, -0.15) is 0 Å². The summed E-state index contributed by atoms with van der Waals surface area (Å²) in [4.78, 5) is 0. The fourth-order valence-corrected chi connectivity index (χ4v) is 28.0. The van der Waals surface area contributed by atoms with Crippen molar-refractivity contribution < 1.29 is 4.74 Å². The van der Waals surface area contributed by atoms with Gasteiger partial charge in [0.05, 0.1) is 12.9 Å². The lowest BCUT2D eigenvalue weighted by atomic mass is 10.1. The van der Waals surface area contributed by atoms with Gasteiger partial charge in [-0.25, -0.2) is 0 Å². The normalized spacial score (nSPS) is 13.2. The smallest absolute Gasteiger partial charge is 0.0870 e. The second-order valence-corrected chi connectivity index (χ2v) is 29.8. The molecule has 35 heavy (non-hydrogen) atoms. The Kier molecular flexibility index (Phi) is 23.4. The van der Waals surface area contributed by atoms with E-state index in [4.69, 9.17) is 4.74 Å². The Bertz CT molecular complexity index is 502. The maximum Gasteiger partial charge on any atom is 0.0870 e. The van der Waals surface area contributed by atoms with Gasteiger partial charge in [0, 0.05) is 35.2 Å². The molecule has 0 N–H and O–H groups in total. The first-order valence-corrected chi connectivity index (χ1v) is 26.2. The van der Waals surface area contributed by atoms with E-state index >= 15 is 0 Å². The maximum atomic E-state index is 5.60. The summed E-state index contributed by atoms with van der Waals surface area (Å²) in [5.74, 6) is 0. The van der Waals surface area contributed by atoms with E-state index in [1.165, 1.54) is 76.7 Å². The van der Waals surface area contributed by atoms with Crippen LogP contribution in [0.15, 0.2) is 24.5 Å². The molecule has 0 bridgehead atoms. The Labute approximate surface area is 229 Å². The monoisotopic (exact) mass is 554 g/mol. The lowest BCUT2D eigenvalue weighted by molar-refractivity contribution is 0.250. The average molecular weight is 555 g/mol. The molecule has 0 amide bonds. The Morgan fingerprint density at radius 1 is 0.714 bits per heavy atom. The number of unbranched alkanes of at least 4 members (excludes halogenated alkanes) is 10. The predicted molar refractivity (Wildman–Crippen MR) is 176 cm³/mol. The lowest BCUT2D eigenvalue weighted by Gasteiger charge is -2.30. The highest BCUT2D eigenvalue weighted by atomic mass is 28.4. The van der Waals surface area contributed by atoms with Crippen molar-refractivity contribution in [3.05, 3.63) is 24.5 Å². The second-order valence-electron chi connectivity index (χ2n) is 12.7. The van der Waals surface area contributed by atoms with E-state index in [0.29, 0.717) is 0 Å². The van der Waals surface area contributed by atoms with E-state index in [-0.39, 0.29) is 19.0 Å². The molecule has 0 atom stereocenters. The van der Waals surface area contributed by atoms with Crippen LogP contribution in [0.2, 0.25) is 54.8 Å². The summed E-state index contributed by atoms with van der Waals surface area (Å²) >= 11 is 0. The van der Waals surface area contributed by atoms with Crippen LogP contribution in [0.4, 0.5) is 0 Å². The SMILES string of the molecule is C=C(C)C=COCCC[SiH2]C[Si](C)(C)C[SiH2]C[Si](C)(CCCCCCCC)CCCCCCCC. The quantitative estimate of drug-likeness (QED) is 0.0447. The van der Waals surface area contributed by atoms with Crippen LogP contribution in [0.1, 0.15) is 104 Å². The first kappa shape index (κ1) is 35.1. The lowest BCUT2D eigenvalue weighted by Crippen LogP contribution is -2.35. The first-order chi connectivity index (χ1) is 16.7. The minimum Gasteiger partial charge on any atom is -0.501 e. The van der Waals surface area contributed by atoms with E-state index in [9.17, 15) is 0 Å². The zero-order valence-electron chi connectivity index (χ0n) is 25.3. The van der Waals surface area contributed by atoms with Gasteiger partial charge in [0.1, 0.15) is 0 Å². The Morgan fingerprint density at radius 2 is 1.23 bits per heavy atom. The van der Waals surface area contributed by atoms with Crippen molar-refractivity contribution >= 4 is 35.2 Å². The third kappa shape index (κ3) is 24.3. The van der Waals surface area contributed by atoms with Gasteiger partial charge in [0.2, 0.25) is 0 Å². The van der Waals surface area contributed by atoms with E-state index in [1.54, 1.807) is 41.9 Å². The van der Waals surface area contributed by atoms with Crippen LogP contribution < -0.4 is 0 Å². The van der Waals surface area contributed by atoms with Gasteiger partial charge < -0.3 is 4.74 Å². The standard InChI is InChI=1S/C30H66OSi4/c1-8-10-12-14-16-18-25-35(7,26-19-17-15-13-11-9-2)29-33-28-34(5,6)27-32-24-20-22-31-23-21-30(3)4/h21,23H,3,8-20,22,24-29,32-33H2,1-2,4-7H3. The molecule has 0 aromatic heterocycles. The molecule has 0 aromatic carbocycles. The molecule has 0 saturated heterocycles. The van der Waals surface area contributed by atoms with Crippen molar-refractivity contribution in [2.24, 2.45) is 0 Å². The third-order valence-electron chi connectivity index (χ3n) is 7.97. The molecule has 0 aliphatic carbocycles. The second kappa shape index (κ2) is 23.3. The van der Waals surface area contributed by atoms with Gasteiger partial charge in [-0.3, -0.25) is 0 Å². The Hall–Kier alpha value is 0.148. The van der Waals surface area contributed by atoms with E-state index in [2.05, 4.69) is 40.1 Å². The van der Waals surface area contributed by atoms with E-state index in [1.807, 2.05) is 19.3 Å². The Balaban J connectivity index is 4.29. The number of hydrogen-bond donors (Lipinski definition) is 0. The van der Waals surface area contributed by atoms with Crippen LogP contribution in [-0.4, -0.2) is 41.8 Å². The molecule has 0 heterocycles. The average Bonchev–Trinajstić information content (AvgIpc) is 2.80. The molecule has 208 valence electrons. The van der Waals surface area contributed by atoms with Crippen LogP contribution in [0, 0.1) is 0 Å². The molecule has 0 aliphatic heterocycles. The molecular weight excluding hydrogens is 489 g/mol. The number of ether oxygens (including phenoxy) is 1. The maximum absolute atomic E-state index is 5.60. The molecule has 5 heteroatoms. The fraction of sp³-hybridized carbons (Fsp3) is 0.867. The highest BCUT2D eigenvalue weighted by molar-refractivity contribution is 6.93. The third-order valence-corrected chi connectivity index (χ3v) is 32.0. The van der Waals surface area contributed by atoms with Gasteiger partial charge >= 0.3 is 0 Å². The van der Waals surface area contributed by atoms with Crippen LogP contribution >= 0.6 is 0 Å².